The summed E-state index contributed by atoms with van der Waals surface area (Å²) >= 11 is 0. The number of halogens is 1. The molecule has 0 unspecified atom stereocenters. The van der Waals surface area contributed by atoms with Gasteiger partial charge in [-0.3, -0.25) is 0 Å². The van der Waals surface area contributed by atoms with E-state index in [9.17, 15) is 4.39 Å². The fourth-order valence-electron chi connectivity index (χ4n) is 1.25. The molecular weight excluding hydrogens is 189 g/mol. The van der Waals surface area contributed by atoms with E-state index in [1.54, 1.807) is 30.4 Å². The Kier molecular flexibility index (Phi) is 3.86. The third-order valence-corrected chi connectivity index (χ3v) is 1.95. The van der Waals surface area contributed by atoms with Crippen molar-refractivity contribution in [2.75, 3.05) is 0 Å². The predicted molar refractivity (Wildman–Crippen MR) is 62.5 cm³/mol. The minimum Gasteiger partial charge on any atom is -0.398 e. The van der Waals surface area contributed by atoms with E-state index in [2.05, 4.69) is 6.58 Å². The lowest BCUT2D eigenvalue weighted by molar-refractivity contribution is 0.623. The molecule has 0 spiro atoms. The van der Waals surface area contributed by atoms with Gasteiger partial charge in [-0.15, -0.1) is 0 Å². The molecule has 1 rings (SSSR count). The number of hydrogen-bond donors (Lipinski definition) is 1. The van der Waals surface area contributed by atoms with Gasteiger partial charge < -0.3 is 5.73 Å². The smallest absolute Gasteiger partial charge is 0.132 e. The van der Waals surface area contributed by atoms with E-state index in [0.29, 0.717) is 11.3 Å². The van der Waals surface area contributed by atoms with Gasteiger partial charge in [-0.25, -0.2) is 4.39 Å². The Morgan fingerprint density at radius 3 is 2.67 bits per heavy atom. The van der Waals surface area contributed by atoms with Crippen molar-refractivity contribution in [2.45, 2.75) is 6.92 Å². The van der Waals surface area contributed by atoms with Gasteiger partial charge >= 0.3 is 0 Å². The minimum atomic E-state index is -0.308. The molecule has 2 heteroatoms. The van der Waals surface area contributed by atoms with E-state index < -0.39 is 0 Å². The summed E-state index contributed by atoms with van der Waals surface area (Å²) in [4.78, 5) is 0. The van der Waals surface area contributed by atoms with E-state index >= 15 is 0 Å². The lowest BCUT2D eigenvalue weighted by Gasteiger charge is -2.03. The molecule has 78 valence electrons. The lowest BCUT2D eigenvalue weighted by Crippen LogP contribution is -1.99. The van der Waals surface area contributed by atoms with Crippen LogP contribution in [-0.2, 0) is 0 Å². The molecule has 0 aliphatic rings. The standard InChI is InChI=1S/C13H14FN/c1-3-6-10(2)9-13(15)11-7-4-5-8-12(11)14/h3-9H,1,15H2,2H3/b10-6-,13-9-. The van der Waals surface area contributed by atoms with Crippen molar-refractivity contribution in [3.63, 3.8) is 0 Å². The summed E-state index contributed by atoms with van der Waals surface area (Å²) in [5.74, 6) is -0.308. The number of benzene rings is 1. The van der Waals surface area contributed by atoms with E-state index in [1.807, 2.05) is 13.0 Å². The first kappa shape index (κ1) is 11.2. The van der Waals surface area contributed by atoms with E-state index in [-0.39, 0.29) is 5.82 Å². The van der Waals surface area contributed by atoms with Crippen molar-refractivity contribution in [3.05, 3.63) is 66.0 Å². The van der Waals surface area contributed by atoms with Crippen molar-refractivity contribution in [2.24, 2.45) is 5.73 Å². The van der Waals surface area contributed by atoms with Crippen LogP contribution in [0.4, 0.5) is 4.39 Å². The van der Waals surface area contributed by atoms with Gasteiger partial charge in [0.05, 0.1) is 0 Å². The third-order valence-electron chi connectivity index (χ3n) is 1.95. The van der Waals surface area contributed by atoms with E-state index in [4.69, 9.17) is 5.73 Å². The van der Waals surface area contributed by atoms with Gasteiger partial charge in [-0.05, 0) is 30.7 Å². The highest BCUT2D eigenvalue weighted by Gasteiger charge is 2.02. The van der Waals surface area contributed by atoms with Crippen molar-refractivity contribution >= 4 is 5.70 Å². The molecule has 1 aromatic carbocycles. The Morgan fingerprint density at radius 2 is 2.07 bits per heavy atom. The maximum Gasteiger partial charge on any atom is 0.132 e. The molecule has 0 aliphatic carbocycles. The summed E-state index contributed by atoms with van der Waals surface area (Å²) in [6.07, 6.45) is 5.20. The van der Waals surface area contributed by atoms with Crippen LogP contribution in [0.25, 0.3) is 5.70 Å². The maximum atomic E-state index is 13.3. The zero-order valence-electron chi connectivity index (χ0n) is 8.70. The second-order valence-corrected chi connectivity index (χ2v) is 3.23. The lowest BCUT2D eigenvalue weighted by atomic mass is 10.1. The van der Waals surface area contributed by atoms with Gasteiger partial charge in [0.1, 0.15) is 5.82 Å². The second kappa shape index (κ2) is 5.15. The average molecular weight is 203 g/mol. The topological polar surface area (TPSA) is 26.0 Å². The van der Waals surface area contributed by atoms with Gasteiger partial charge in [0.25, 0.3) is 0 Å². The molecule has 2 N–H and O–H groups in total. The Balaban J connectivity index is 3.04. The summed E-state index contributed by atoms with van der Waals surface area (Å²) < 4.78 is 13.3. The molecule has 0 radical (unpaired) electrons. The monoisotopic (exact) mass is 203 g/mol. The van der Waals surface area contributed by atoms with Crippen molar-refractivity contribution in [1.29, 1.82) is 0 Å². The van der Waals surface area contributed by atoms with Crippen LogP contribution < -0.4 is 5.73 Å². The quantitative estimate of drug-likeness (QED) is 0.750. The molecular formula is C13H14FN. The summed E-state index contributed by atoms with van der Waals surface area (Å²) in [6.45, 7) is 5.46. The Morgan fingerprint density at radius 1 is 1.40 bits per heavy atom. The highest BCUT2D eigenvalue weighted by molar-refractivity contribution is 5.65. The normalized spacial score (nSPS) is 12.7. The molecule has 0 heterocycles. The van der Waals surface area contributed by atoms with Crippen molar-refractivity contribution in [3.8, 4) is 0 Å². The van der Waals surface area contributed by atoms with Crippen LogP contribution in [0, 0.1) is 5.82 Å². The molecule has 1 aromatic rings. The summed E-state index contributed by atoms with van der Waals surface area (Å²) in [7, 11) is 0. The summed E-state index contributed by atoms with van der Waals surface area (Å²) in [5.41, 5.74) is 7.55. The van der Waals surface area contributed by atoms with Gasteiger partial charge in [0, 0.05) is 11.3 Å². The van der Waals surface area contributed by atoms with Crippen LogP contribution >= 0.6 is 0 Å². The Bertz CT molecular complexity index is 416. The molecule has 0 bridgehead atoms. The van der Waals surface area contributed by atoms with Crippen LogP contribution in [0.2, 0.25) is 0 Å². The zero-order chi connectivity index (χ0) is 11.3. The maximum absolute atomic E-state index is 13.3. The highest BCUT2D eigenvalue weighted by atomic mass is 19.1. The zero-order valence-corrected chi connectivity index (χ0v) is 8.70. The van der Waals surface area contributed by atoms with Gasteiger partial charge in [-0.2, -0.15) is 0 Å². The fourth-order valence-corrected chi connectivity index (χ4v) is 1.25. The minimum absolute atomic E-state index is 0.308. The van der Waals surface area contributed by atoms with Gasteiger partial charge in [0.15, 0.2) is 0 Å². The first-order chi connectivity index (χ1) is 7.15. The second-order valence-electron chi connectivity index (χ2n) is 3.23. The molecule has 0 aromatic heterocycles. The summed E-state index contributed by atoms with van der Waals surface area (Å²) in [5, 5.41) is 0. The van der Waals surface area contributed by atoms with E-state index in [1.165, 1.54) is 6.07 Å². The largest absolute Gasteiger partial charge is 0.398 e. The average Bonchev–Trinajstić information content (AvgIpc) is 2.18. The van der Waals surface area contributed by atoms with Gasteiger partial charge in [0.2, 0.25) is 0 Å². The van der Waals surface area contributed by atoms with Crippen LogP contribution in [0.15, 0.2) is 54.6 Å². The number of hydrogen-bond acceptors (Lipinski definition) is 1. The number of allylic oxidation sites excluding steroid dienone is 4. The van der Waals surface area contributed by atoms with Crippen LogP contribution in [0.1, 0.15) is 12.5 Å². The van der Waals surface area contributed by atoms with Crippen LogP contribution in [0.5, 0.6) is 0 Å². The van der Waals surface area contributed by atoms with Crippen LogP contribution in [-0.4, -0.2) is 0 Å². The first-order valence-corrected chi connectivity index (χ1v) is 4.66. The molecule has 1 nitrogen and oxygen atoms in total. The molecule has 15 heavy (non-hydrogen) atoms. The number of rotatable bonds is 3. The molecule has 0 saturated carbocycles. The number of nitrogens with two attached hydrogens (primary N) is 1. The SMILES string of the molecule is C=C/C=C(C)\C=C(/N)c1ccccc1F. The molecule has 0 saturated heterocycles. The third kappa shape index (κ3) is 3.09. The Labute approximate surface area is 89.4 Å². The van der Waals surface area contributed by atoms with Gasteiger partial charge in [-0.1, -0.05) is 30.9 Å². The van der Waals surface area contributed by atoms with Crippen molar-refractivity contribution in [1.82, 2.24) is 0 Å². The fraction of sp³-hybridized carbons (Fsp3) is 0.0769. The first-order valence-electron chi connectivity index (χ1n) is 4.66. The molecule has 0 amide bonds. The van der Waals surface area contributed by atoms with E-state index in [0.717, 1.165) is 5.57 Å². The Hall–Kier alpha value is -1.83. The van der Waals surface area contributed by atoms with Crippen molar-refractivity contribution < 1.29 is 4.39 Å². The molecule has 0 fully saturated rings. The highest BCUT2D eigenvalue weighted by Crippen LogP contribution is 2.14. The van der Waals surface area contributed by atoms with Crippen LogP contribution in [0.3, 0.4) is 0 Å². The predicted octanol–water partition coefficient (Wildman–Crippen LogP) is 3.26. The molecule has 0 aliphatic heterocycles. The summed E-state index contributed by atoms with van der Waals surface area (Å²) in [6, 6.07) is 6.44. The molecule has 0 atom stereocenters.